The van der Waals surface area contributed by atoms with E-state index in [1.165, 1.54) is 18.4 Å². The first-order valence-electron chi connectivity index (χ1n) is 11.2. The Morgan fingerprint density at radius 1 is 1.00 bits per heavy atom. The van der Waals surface area contributed by atoms with Crippen LogP contribution in [0.3, 0.4) is 0 Å². The number of pyridine rings is 1. The molecule has 2 aliphatic rings. The summed E-state index contributed by atoms with van der Waals surface area (Å²) in [5.41, 5.74) is 3.23. The second-order valence-corrected chi connectivity index (χ2v) is 9.02. The van der Waals surface area contributed by atoms with Crippen molar-refractivity contribution in [3.05, 3.63) is 52.9 Å². The van der Waals surface area contributed by atoms with E-state index < -0.39 is 0 Å². The van der Waals surface area contributed by atoms with Gasteiger partial charge in [-0.2, -0.15) is 0 Å². The van der Waals surface area contributed by atoms with Crippen molar-refractivity contribution < 1.29 is 9.47 Å². The first kappa shape index (κ1) is 20.6. The van der Waals surface area contributed by atoms with Gasteiger partial charge >= 0.3 is 0 Å². The van der Waals surface area contributed by atoms with Crippen molar-refractivity contribution in [2.75, 3.05) is 38.3 Å². The van der Waals surface area contributed by atoms with Gasteiger partial charge < -0.3 is 14.4 Å². The minimum Gasteiger partial charge on any atom is -0.491 e. The molecular formula is C24H29ClN4O2. The maximum atomic E-state index is 6.78. The fraction of sp³-hybridized carbons (Fsp3) is 0.500. The molecule has 1 aromatic carbocycles. The molecule has 7 heteroatoms. The monoisotopic (exact) mass is 440 g/mol. The fourth-order valence-electron chi connectivity index (χ4n) is 4.46. The van der Waals surface area contributed by atoms with Crippen LogP contribution in [-0.4, -0.2) is 48.0 Å². The van der Waals surface area contributed by atoms with E-state index in [-0.39, 0.29) is 0 Å². The molecule has 0 atom stereocenters. The lowest BCUT2D eigenvalue weighted by molar-refractivity contribution is 0.146. The number of hydrogen-bond donors (Lipinski definition) is 0. The fourth-order valence-corrected chi connectivity index (χ4v) is 4.77. The van der Waals surface area contributed by atoms with Crippen LogP contribution in [0.2, 0.25) is 5.02 Å². The Morgan fingerprint density at radius 3 is 2.48 bits per heavy atom. The average molecular weight is 441 g/mol. The van der Waals surface area contributed by atoms with Crippen LogP contribution in [0.5, 0.6) is 5.75 Å². The molecule has 3 heterocycles. The van der Waals surface area contributed by atoms with E-state index in [1.807, 2.05) is 0 Å². The number of anilines is 1. The molecule has 0 spiro atoms. The highest BCUT2D eigenvalue weighted by molar-refractivity contribution is 6.36. The van der Waals surface area contributed by atoms with Gasteiger partial charge in [0.05, 0.1) is 12.3 Å². The third kappa shape index (κ3) is 4.51. The van der Waals surface area contributed by atoms with E-state index in [1.54, 1.807) is 7.11 Å². The highest BCUT2D eigenvalue weighted by atomic mass is 35.5. The molecule has 3 aromatic rings. The highest BCUT2D eigenvalue weighted by Crippen LogP contribution is 2.37. The summed E-state index contributed by atoms with van der Waals surface area (Å²) >= 11 is 6.78. The van der Waals surface area contributed by atoms with E-state index in [0.717, 1.165) is 61.2 Å². The van der Waals surface area contributed by atoms with Gasteiger partial charge in [-0.25, -0.2) is 0 Å². The standard InChI is InChI=1S/C24H29ClN4O2/c1-30-14-15-31-20-6-4-18(5-7-20)19-8-11-28(12-9-19)21-10-13-29-22(16-17-2-3-17)26-27-24(29)23(21)25/h4-7,10,13,17,19H,2-3,8-9,11-12,14-16H2,1H3. The van der Waals surface area contributed by atoms with Gasteiger partial charge in [0, 0.05) is 32.8 Å². The number of hydrogen-bond acceptors (Lipinski definition) is 5. The third-order valence-corrected chi connectivity index (χ3v) is 6.84. The van der Waals surface area contributed by atoms with Gasteiger partial charge in [0.2, 0.25) is 0 Å². The molecule has 6 nitrogen and oxygen atoms in total. The highest BCUT2D eigenvalue weighted by Gasteiger charge is 2.26. The Kier molecular flexibility index (Phi) is 6.01. The summed E-state index contributed by atoms with van der Waals surface area (Å²) in [7, 11) is 1.68. The minimum atomic E-state index is 0.560. The van der Waals surface area contributed by atoms with Crippen LogP contribution in [0.4, 0.5) is 5.69 Å². The maximum absolute atomic E-state index is 6.78. The summed E-state index contributed by atoms with van der Waals surface area (Å²) in [4.78, 5) is 2.39. The van der Waals surface area contributed by atoms with E-state index in [0.29, 0.717) is 24.2 Å². The van der Waals surface area contributed by atoms with Crippen molar-refractivity contribution in [3.8, 4) is 5.75 Å². The molecule has 31 heavy (non-hydrogen) atoms. The van der Waals surface area contributed by atoms with Crippen LogP contribution in [0.1, 0.15) is 43.0 Å². The number of fused-ring (bicyclic) bond motifs is 1. The molecule has 1 aliphatic heterocycles. The van der Waals surface area contributed by atoms with Crippen LogP contribution in [0.25, 0.3) is 5.65 Å². The SMILES string of the molecule is COCCOc1ccc(C2CCN(c3ccn4c(CC5CC5)nnc4c3Cl)CC2)cc1. The molecule has 0 N–H and O–H groups in total. The van der Waals surface area contributed by atoms with Gasteiger partial charge in [0.1, 0.15) is 23.2 Å². The minimum absolute atomic E-state index is 0.560. The Balaban J connectivity index is 1.23. The van der Waals surface area contributed by atoms with E-state index in [9.17, 15) is 0 Å². The summed E-state index contributed by atoms with van der Waals surface area (Å²) in [5, 5.41) is 9.50. The first-order valence-corrected chi connectivity index (χ1v) is 11.6. The van der Waals surface area contributed by atoms with E-state index >= 15 is 0 Å². The number of halogens is 1. The molecule has 164 valence electrons. The van der Waals surface area contributed by atoms with Gasteiger partial charge in [0.25, 0.3) is 0 Å². The second kappa shape index (κ2) is 9.05. The molecular weight excluding hydrogens is 412 g/mol. The third-order valence-electron chi connectivity index (χ3n) is 6.48. The predicted molar refractivity (Wildman–Crippen MR) is 122 cm³/mol. The molecule has 0 radical (unpaired) electrons. The lowest BCUT2D eigenvalue weighted by Crippen LogP contribution is -2.33. The van der Waals surface area contributed by atoms with Gasteiger partial charge in [-0.1, -0.05) is 23.7 Å². The molecule has 1 saturated carbocycles. The zero-order valence-corrected chi connectivity index (χ0v) is 18.7. The molecule has 5 rings (SSSR count). The summed E-state index contributed by atoms with van der Waals surface area (Å²) in [6.07, 6.45) is 7.90. The smallest absolute Gasteiger partial charge is 0.181 e. The molecule has 2 aromatic heterocycles. The second-order valence-electron chi connectivity index (χ2n) is 8.64. The zero-order valence-electron chi connectivity index (χ0n) is 18.0. The van der Waals surface area contributed by atoms with Crippen LogP contribution in [0, 0.1) is 5.92 Å². The molecule has 1 aliphatic carbocycles. The zero-order chi connectivity index (χ0) is 21.2. The summed E-state index contributed by atoms with van der Waals surface area (Å²) in [5.74, 6) is 3.26. The van der Waals surface area contributed by atoms with E-state index in [4.69, 9.17) is 21.1 Å². The van der Waals surface area contributed by atoms with E-state index in [2.05, 4.69) is 56.0 Å². The number of ether oxygens (including phenoxy) is 2. The van der Waals surface area contributed by atoms with Crippen LogP contribution >= 0.6 is 11.6 Å². The molecule has 0 amide bonds. The Hall–Kier alpha value is -2.31. The molecule has 2 fully saturated rings. The van der Waals surface area contributed by atoms with Crippen LogP contribution in [-0.2, 0) is 11.2 Å². The van der Waals surface area contributed by atoms with Gasteiger partial charge in [-0.15, -0.1) is 10.2 Å². The first-order chi connectivity index (χ1) is 15.2. The average Bonchev–Trinajstić information content (AvgIpc) is 3.53. The quantitative estimate of drug-likeness (QED) is 0.473. The van der Waals surface area contributed by atoms with Gasteiger partial charge in [0.15, 0.2) is 5.65 Å². The van der Waals surface area contributed by atoms with Crippen molar-refractivity contribution >= 4 is 22.9 Å². The van der Waals surface area contributed by atoms with Crippen molar-refractivity contribution in [1.82, 2.24) is 14.6 Å². The van der Waals surface area contributed by atoms with Gasteiger partial charge in [-0.3, -0.25) is 4.40 Å². The van der Waals surface area contributed by atoms with Crippen LogP contribution in [0.15, 0.2) is 36.5 Å². The lowest BCUT2D eigenvalue weighted by Gasteiger charge is -2.34. The molecule has 1 saturated heterocycles. The summed E-state index contributed by atoms with van der Waals surface area (Å²) in [6, 6.07) is 10.6. The molecule has 0 unspecified atom stereocenters. The predicted octanol–water partition coefficient (Wildman–Crippen LogP) is 4.74. The van der Waals surface area contributed by atoms with Crippen molar-refractivity contribution in [2.24, 2.45) is 5.92 Å². The Morgan fingerprint density at radius 2 is 1.77 bits per heavy atom. The Bertz CT molecular complexity index is 1020. The number of benzene rings is 1. The topological polar surface area (TPSA) is 51.9 Å². The number of piperidine rings is 1. The maximum Gasteiger partial charge on any atom is 0.181 e. The molecule has 0 bridgehead atoms. The Labute approximate surface area is 188 Å². The van der Waals surface area contributed by atoms with Crippen LogP contribution < -0.4 is 9.64 Å². The van der Waals surface area contributed by atoms with Gasteiger partial charge in [-0.05, 0) is 61.3 Å². The van der Waals surface area contributed by atoms with Crippen molar-refractivity contribution in [1.29, 1.82) is 0 Å². The largest absolute Gasteiger partial charge is 0.491 e. The normalized spacial score (nSPS) is 17.4. The van der Waals surface area contributed by atoms with Crippen molar-refractivity contribution in [2.45, 2.75) is 38.0 Å². The number of aromatic nitrogens is 3. The van der Waals surface area contributed by atoms with Crippen molar-refractivity contribution in [3.63, 3.8) is 0 Å². The summed E-state index contributed by atoms with van der Waals surface area (Å²) < 4.78 is 12.8. The number of nitrogens with zero attached hydrogens (tertiary/aromatic N) is 4. The number of rotatable bonds is 8. The number of methoxy groups -OCH3 is 1. The summed E-state index contributed by atoms with van der Waals surface area (Å²) in [6.45, 7) is 3.14. The lowest BCUT2D eigenvalue weighted by atomic mass is 9.89.